The summed E-state index contributed by atoms with van der Waals surface area (Å²) < 4.78 is 3.49. The number of tetrazole rings is 1. The summed E-state index contributed by atoms with van der Waals surface area (Å²) >= 11 is 1.24. The molecule has 0 aliphatic carbocycles. The number of hydrazone groups is 1. The van der Waals surface area contributed by atoms with Crippen LogP contribution in [0.1, 0.15) is 5.69 Å². The lowest BCUT2D eigenvalue weighted by Crippen LogP contribution is -2.20. The number of carbonyl (C=O) groups is 1. The summed E-state index contributed by atoms with van der Waals surface area (Å²) in [6.07, 6.45) is 3.50. The summed E-state index contributed by atoms with van der Waals surface area (Å²) in [5.74, 6) is -0.0643. The van der Waals surface area contributed by atoms with Crippen LogP contribution in [0.4, 0.5) is 0 Å². The van der Waals surface area contributed by atoms with E-state index < -0.39 is 0 Å². The van der Waals surface area contributed by atoms with Gasteiger partial charge in [-0.3, -0.25) is 4.79 Å². The molecule has 0 saturated heterocycles. The Morgan fingerprint density at radius 1 is 1.29 bits per heavy atom. The van der Waals surface area contributed by atoms with Crippen molar-refractivity contribution in [1.29, 1.82) is 0 Å². The fraction of sp³-hybridized carbons (Fsp3) is 0.133. The Labute approximate surface area is 142 Å². The molecule has 0 aliphatic heterocycles. The Kier molecular flexibility index (Phi) is 5.02. The number of rotatable bonds is 6. The quantitative estimate of drug-likeness (QED) is 0.414. The highest BCUT2D eigenvalue weighted by Crippen LogP contribution is 2.17. The van der Waals surface area contributed by atoms with Crippen LogP contribution in [-0.2, 0) is 11.8 Å². The summed E-state index contributed by atoms with van der Waals surface area (Å²) in [4.78, 5) is 11.9. The number of para-hydroxylation sites is 1. The van der Waals surface area contributed by atoms with E-state index in [4.69, 9.17) is 0 Å². The van der Waals surface area contributed by atoms with Crippen molar-refractivity contribution in [2.75, 3.05) is 5.75 Å². The number of benzene rings is 1. The van der Waals surface area contributed by atoms with Gasteiger partial charge in [-0.25, -0.2) is 5.43 Å². The van der Waals surface area contributed by atoms with Gasteiger partial charge >= 0.3 is 0 Å². The van der Waals surface area contributed by atoms with Crippen molar-refractivity contribution in [2.45, 2.75) is 5.16 Å². The Morgan fingerprint density at radius 3 is 2.88 bits per heavy atom. The number of carbonyl (C=O) groups excluding carboxylic acids is 1. The van der Waals surface area contributed by atoms with Crippen molar-refractivity contribution in [3.05, 3.63) is 54.4 Å². The van der Waals surface area contributed by atoms with Gasteiger partial charge in [0.2, 0.25) is 5.16 Å². The zero-order chi connectivity index (χ0) is 16.8. The van der Waals surface area contributed by atoms with Crippen molar-refractivity contribution >= 4 is 23.9 Å². The van der Waals surface area contributed by atoms with E-state index in [1.54, 1.807) is 10.9 Å². The maximum atomic E-state index is 11.9. The number of amides is 1. The summed E-state index contributed by atoms with van der Waals surface area (Å²) in [6.45, 7) is 0. The molecule has 0 bridgehead atoms. The summed E-state index contributed by atoms with van der Waals surface area (Å²) in [5, 5.41) is 16.0. The van der Waals surface area contributed by atoms with Crippen LogP contribution in [0.2, 0.25) is 0 Å². The molecule has 8 nitrogen and oxygen atoms in total. The Bertz CT molecular complexity index is 840. The zero-order valence-electron chi connectivity index (χ0n) is 12.9. The first-order valence-corrected chi connectivity index (χ1v) is 8.12. The molecule has 0 atom stereocenters. The van der Waals surface area contributed by atoms with E-state index in [9.17, 15) is 4.79 Å². The Morgan fingerprint density at radius 2 is 2.12 bits per heavy atom. The van der Waals surface area contributed by atoms with Crippen molar-refractivity contribution in [1.82, 2.24) is 30.2 Å². The van der Waals surface area contributed by atoms with Crippen molar-refractivity contribution in [3.8, 4) is 5.69 Å². The molecule has 9 heteroatoms. The molecule has 1 amide bonds. The molecule has 3 aromatic rings. The van der Waals surface area contributed by atoms with E-state index >= 15 is 0 Å². The van der Waals surface area contributed by atoms with Crippen LogP contribution in [0.15, 0.2) is 58.9 Å². The smallest absolute Gasteiger partial charge is 0.250 e. The van der Waals surface area contributed by atoms with Gasteiger partial charge in [-0.1, -0.05) is 30.0 Å². The lowest BCUT2D eigenvalue weighted by Gasteiger charge is -2.03. The summed E-state index contributed by atoms with van der Waals surface area (Å²) in [7, 11) is 1.91. The molecular formula is C15H15N7OS. The summed E-state index contributed by atoms with van der Waals surface area (Å²) in [5.41, 5.74) is 4.23. The van der Waals surface area contributed by atoms with Crippen molar-refractivity contribution < 1.29 is 4.79 Å². The first-order chi connectivity index (χ1) is 11.7. The fourth-order valence-electron chi connectivity index (χ4n) is 1.94. The number of aryl methyl sites for hydroxylation is 1. The molecule has 1 aromatic carbocycles. The van der Waals surface area contributed by atoms with Gasteiger partial charge in [0.1, 0.15) is 0 Å². The monoisotopic (exact) mass is 341 g/mol. The molecule has 0 fully saturated rings. The van der Waals surface area contributed by atoms with Crippen molar-refractivity contribution in [2.24, 2.45) is 12.1 Å². The molecule has 2 heterocycles. The SMILES string of the molecule is Cn1cccc1/C=N\NC(=O)CSc1nnnn1-c1ccccc1. The van der Waals surface area contributed by atoms with E-state index in [1.807, 2.05) is 60.3 Å². The highest BCUT2D eigenvalue weighted by atomic mass is 32.2. The predicted octanol–water partition coefficient (Wildman–Crippen LogP) is 1.24. The third kappa shape index (κ3) is 3.87. The number of hydrogen-bond acceptors (Lipinski definition) is 6. The lowest BCUT2D eigenvalue weighted by atomic mass is 10.3. The molecule has 24 heavy (non-hydrogen) atoms. The van der Waals surface area contributed by atoms with Gasteiger partial charge in [0.05, 0.1) is 23.3 Å². The fourth-order valence-corrected chi connectivity index (χ4v) is 2.62. The number of thioether (sulfide) groups is 1. The van der Waals surface area contributed by atoms with Gasteiger partial charge in [0.25, 0.3) is 5.91 Å². The van der Waals surface area contributed by atoms with Crippen LogP contribution in [0.3, 0.4) is 0 Å². The molecule has 0 aliphatic rings. The van der Waals surface area contributed by atoms with Gasteiger partial charge in [-0.15, -0.1) is 5.10 Å². The van der Waals surface area contributed by atoms with Gasteiger partial charge < -0.3 is 4.57 Å². The summed E-state index contributed by atoms with van der Waals surface area (Å²) in [6, 6.07) is 13.3. The largest absolute Gasteiger partial charge is 0.350 e. The minimum Gasteiger partial charge on any atom is -0.350 e. The van der Waals surface area contributed by atoms with Crippen LogP contribution in [0.5, 0.6) is 0 Å². The maximum Gasteiger partial charge on any atom is 0.250 e. The number of nitrogens with zero attached hydrogens (tertiary/aromatic N) is 6. The van der Waals surface area contributed by atoms with E-state index in [0.29, 0.717) is 5.16 Å². The molecule has 0 unspecified atom stereocenters. The second kappa shape index (κ2) is 7.55. The zero-order valence-corrected chi connectivity index (χ0v) is 13.7. The van der Waals surface area contributed by atoms with E-state index in [2.05, 4.69) is 26.1 Å². The topological polar surface area (TPSA) is 90.0 Å². The average Bonchev–Trinajstić information content (AvgIpc) is 3.23. The van der Waals surface area contributed by atoms with Gasteiger partial charge in [0.15, 0.2) is 0 Å². The van der Waals surface area contributed by atoms with Gasteiger partial charge in [-0.05, 0) is 34.7 Å². The van der Waals surface area contributed by atoms with Crippen LogP contribution in [0, 0.1) is 0 Å². The van der Waals surface area contributed by atoms with E-state index in [0.717, 1.165) is 11.4 Å². The minimum absolute atomic E-state index is 0.164. The van der Waals surface area contributed by atoms with Crippen LogP contribution in [-0.4, -0.2) is 42.6 Å². The number of aromatic nitrogens is 5. The van der Waals surface area contributed by atoms with E-state index in [-0.39, 0.29) is 11.7 Å². The third-order valence-corrected chi connectivity index (χ3v) is 4.06. The normalized spacial score (nSPS) is 11.0. The van der Waals surface area contributed by atoms with Crippen LogP contribution < -0.4 is 5.43 Å². The predicted molar refractivity (Wildman–Crippen MR) is 91.0 cm³/mol. The molecule has 3 rings (SSSR count). The molecule has 0 spiro atoms. The number of nitrogens with one attached hydrogen (secondary N) is 1. The minimum atomic E-state index is -0.229. The molecule has 122 valence electrons. The first-order valence-electron chi connectivity index (χ1n) is 7.14. The lowest BCUT2D eigenvalue weighted by molar-refractivity contribution is -0.118. The van der Waals surface area contributed by atoms with Gasteiger partial charge in [-0.2, -0.15) is 9.78 Å². The average molecular weight is 341 g/mol. The maximum absolute atomic E-state index is 11.9. The third-order valence-electron chi connectivity index (χ3n) is 3.14. The molecule has 1 N–H and O–H groups in total. The van der Waals surface area contributed by atoms with E-state index in [1.165, 1.54) is 11.8 Å². The number of hydrogen-bond donors (Lipinski definition) is 1. The highest BCUT2D eigenvalue weighted by molar-refractivity contribution is 7.99. The molecule has 0 radical (unpaired) electrons. The van der Waals surface area contributed by atoms with Crippen LogP contribution >= 0.6 is 11.8 Å². The molecular weight excluding hydrogens is 326 g/mol. The molecule has 2 aromatic heterocycles. The van der Waals surface area contributed by atoms with Crippen molar-refractivity contribution in [3.63, 3.8) is 0 Å². The van der Waals surface area contributed by atoms with Gasteiger partial charge in [0, 0.05) is 13.2 Å². The van der Waals surface area contributed by atoms with Crippen LogP contribution in [0.25, 0.3) is 5.69 Å². The Hall–Kier alpha value is -2.94. The second-order valence-corrected chi connectivity index (χ2v) is 5.78. The Balaban J connectivity index is 1.55. The standard InChI is InChI=1S/C15H15N7OS/c1-21-9-5-8-13(21)10-16-17-14(23)11-24-15-18-19-20-22(15)12-6-3-2-4-7-12/h2-10H,11H2,1H3,(H,17,23)/b16-10-. The highest BCUT2D eigenvalue weighted by Gasteiger charge is 2.10. The first kappa shape index (κ1) is 15.9. The molecule has 0 saturated carbocycles. The second-order valence-electron chi connectivity index (χ2n) is 4.83.